The fourth-order valence-corrected chi connectivity index (χ4v) is 1.99. The van der Waals surface area contributed by atoms with Crippen LogP contribution in [0.4, 0.5) is 0 Å². The maximum Gasteiger partial charge on any atom is 0.309 e. The van der Waals surface area contributed by atoms with E-state index in [0.717, 1.165) is 11.3 Å². The molecule has 1 heterocycles. The van der Waals surface area contributed by atoms with Crippen LogP contribution in [-0.2, 0) is 16.1 Å². The van der Waals surface area contributed by atoms with Gasteiger partial charge in [-0.05, 0) is 36.8 Å². The molecule has 0 aliphatic carbocycles. The van der Waals surface area contributed by atoms with Crippen LogP contribution in [0.15, 0.2) is 48.7 Å². The van der Waals surface area contributed by atoms with Crippen LogP contribution in [-0.4, -0.2) is 23.9 Å². The highest BCUT2D eigenvalue weighted by Gasteiger charge is 2.16. The number of carbonyl (C=O) groups excluding carboxylic acids is 2. The number of nitrogens with zero attached hydrogens (tertiary/aromatic N) is 1. The third-order valence-electron chi connectivity index (χ3n) is 3.33. The number of benzene rings is 1. The Labute approximate surface area is 134 Å². The van der Waals surface area contributed by atoms with E-state index >= 15 is 0 Å². The van der Waals surface area contributed by atoms with E-state index in [4.69, 9.17) is 4.74 Å². The molecule has 1 aromatic carbocycles. The van der Waals surface area contributed by atoms with Gasteiger partial charge in [-0.2, -0.15) is 0 Å². The van der Waals surface area contributed by atoms with Gasteiger partial charge in [0.15, 0.2) is 0 Å². The fraction of sp³-hybridized carbons (Fsp3) is 0.235. The normalized spacial score (nSPS) is 11.4. The predicted octanol–water partition coefficient (Wildman–Crippen LogP) is 1.58. The molecule has 0 fully saturated rings. The molecule has 0 spiro atoms. The first-order valence-electron chi connectivity index (χ1n) is 7.22. The lowest BCUT2D eigenvalue weighted by Gasteiger charge is -2.14. The van der Waals surface area contributed by atoms with Crippen molar-refractivity contribution < 1.29 is 14.3 Å². The van der Waals surface area contributed by atoms with Crippen molar-refractivity contribution in [3.05, 3.63) is 59.9 Å². The molecule has 0 aliphatic rings. The van der Waals surface area contributed by atoms with E-state index in [1.54, 1.807) is 37.6 Å². The first-order valence-corrected chi connectivity index (χ1v) is 7.22. The summed E-state index contributed by atoms with van der Waals surface area (Å²) in [5, 5.41) is 5.20. The topological polar surface area (TPSA) is 80.3 Å². The summed E-state index contributed by atoms with van der Waals surface area (Å²) in [7, 11) is 1.59. The van der Waals surface area contributed by atoms with Crippen LogP contribution >= 0.6 is 0 Å². The molecular weight excluding hydrogens is 294 g/mol. The Hall–Kier alpha value is -2.89. The van der Waals surface area contributed by atoms with Crippen LogP contribution in [0.3, 0.4) is 0 Å². The molecule has 0 saturated heterocycles. The van der Waals surface area contributed by atoms with Crippen LogP contribution in [0, 0.1) is 0 Å². The first-order chi connectivity index (χ1) is 11.1. The number of rotatable bonds is 5. The molecule has 2 amide bonds. The molecule has 2 rings (SSSR count). The average molecular weight is 313 g/mol. The summed E-state index contributed by atoms with van der Waals surface area (Å²) in [5.74, 6) is -0.624. The van der Waals surface area contributed by atoms with Crippen LogP contribution in [0.2, 0.25) is 0 Å². The summed E-state index contributed by atoms with van der Waals surface area (Å²) < 4.78 is 5.08. The molecule has 0 saturated carbocycles. The molecule has 120 valence electrons. The molecule has 1 atom stereocenters. The third-order valence-corrected chi connectivity index (χ3v) is 3.33. The number of amides is 2. The standard InChI is InChI=1S/C17H19N3O3/c1-12(13-6-8-15(23-2)9-7-13)20-17(22)16(21)19-11-14-5-3-4-10-18-14/h3-10,12H,11H2,1-2H3,(H,19,21)(H,20,22). The van der Waals surface area contributed by atoms with Crippen molar-refractivity contribution >= 4 is 11.8 Å². The van der Waals surface area contributed by atoms with Gasteiger partial charge >= 0.3 is 11.8 Å². The van der Waals surface area contributed by atoms with Crippen LogP contribution in [0.1, 0.15) is 24.2 Å². The molecule has 2 aromatic rings. The van der Waals surface area contributed by atoms with E-state index in [9.17, 15) is 9.59 Å². The summed E-state index contributed by atoms with van der Waals surface area (Å²) in [6.45, 7) is 2.02. The number of nitrogens with one attached hydrogen (secondary N) is 2. The van der Waals surface area contributed by atoms with E-state index in [1.807, 2.05) is 25.1 Å². The Bertz CT molecular complexity index is 657. The molecule has 23 heavy (non-hydrogen) atoms. The zero-order valence-electron chi connectivity index (χ0n) is 13.1. The van der Waals surface area contributed by atoms with Crippen molar-refractivity contribution in [3.63, 3.8) is 0 Å². The second-order valence-corrected chi connectivity index (χ2v) is 4.97. The van der Waals surface area contributed by atoms with Crippen LogP contribution in [0.25, 0.3) is 0 Å². The maximum absolute atomic E-state index is 11.9. The summed E-state index contributed by atoms with van der Waals surface area (Å²) in [6, 6.07) is 12.4. The summed E-state index contributed by atoms with van der Waals surface area (Å²) in [6.07, 6.45) is 1.63. The third kappa shape index (κ3) is 4.81. The SMILES string of the molecule is COc1ccc(C(C)NC(=O)C(=O)NCc2ccccn2)cc1. The van der Waals surface area contributed by atoms with Crippen molar-refractivity contribution in [2.24, 2.45) is 0 Å². The Morgan fingerprint density at radius 1 is 1.13 bits per heavy atom. The van der Waals surface area contributed by atoms with Crippen LogP contribution < -0.4 is 15.4 Å². The molecule has 0 radical (unpaired) electrons. The molecule has 6 nitrogen and oxygen atoms in total. The fourth-order valence-electron chi connectivity index (χ4n) is 1.99. The second-order valence-electron chi connectivity index (χ2n) is 4.97. The zero-order chi connectivity index (χ0) is 16.7. The van der Waals surface area contributed by atoms with Crippen molar-refractivity contribution in [1.29, 1.82) is 0 Å². The van der Waals surface area contributed by atoms with E-state index in [0.29, 0.717) is 5.69 Å². The van der Waals surface area contributed by atoms with Gasteiger partial charge in [0.2, 0.25) is 0 Å². The molecule has 2 N–H and O–H groups in total. The molecule has 1 aromatic heterocycles. The van der Waals surface area contributed by atoms with Crippen molar-refractivity contribution in [2.75, 3.05) is 7.11 Å². The smallest absolute Gasteiger partial charge is 0.309 e. The van der Waals surface area contributed by atoms with Gasteiger partial charge in [-0.25, -0.2) is 0 Å². The highest BCUT2D eigenvalue weighted by atomic mass is 16.5. The molecule has 0 bridgehead atoms. The molecule has 1 unspecified atom stereocenters. The summed E-state index contributed by atoms with van der Waals surface area (Å²) in [5.41, 5.74) is 1.58. The van der Waals surface area contributed by atoms with Gasteiger partial charge < -0.3 is 15.4 Å². The van der Waals surface area contributed by atoms with Crippen LogP contribution in [0.5, 0.6) is 5.75 Å². The highest BCUT2D eigenvalue weighted by molar-refractivity contribution is 6.35. The zero-order valence-corrected chi connectivity index (χ0v) is 13.1. The van der Waals surface area contributed by atoms with Gasteiger partial charge in [0.1, 0.15) is 5.75 Å². The number of ether oxygens (including phenoxy) is 1. The van der Waals surface area contributed by atoms with Gasteiger partial charge in [0.05, 0.1) is 25.4 Å². The average Bonchev–Trinajstić information content (AvgIpc) is 2.60. The summed E-state index contributed by atoms with van der Waals surface area (Å²) in [4.78, 5) is 27.8. The Kier molecular flexibility index (Phi) is 5.68. The van der Waals surface area contributed by atoms with Gasteiger partial charge in [-0.1, -0.05) is 18.2 Å². The van der Waals surface area contributed by atoms with Gasteiger partial charge in [0.25, 0.3) is 0 Å². The Morgan fingerprint density at radius 2 is 1.87 bits per heavy atom. The molecule has 0 aliphatic heterocycles. The quantitative estimate of drug-likeness (QED) is 0.821. The molecular formula is C17H19N3O3. The minimum Gasteiger partial charge on any atom is -0.497 e. The van der Waals surface area contributed by atoms with E-state index in [-0.39, 0.29) is 12.6 Å². The monoisotopic (exact) mass is 313 g/mol. The minimum absolute atomic E-state index is 0.212. The van der Waals surface area contributed by atoms with Crippen molar-refractivity contribution in [1.82, 2.24) is 15.6 Å². The first kappa shape index (κ1) is 16.5. The second kappa shape index (κ2) is 7.93. The number of hydrogen-bond acceptors (Lipinski definition) is 4. The number of hydrogen-bond donors (Lipinski definition) is 2. The van der Waals surface area contributed by atoms with Crippen molar-refractivity contribution in [3.8, 4) is 5.75 Å². The lowest BCUT2D eigenvalue weighted by atomic mass is 10.1. The lowest BCUT2D eigenvalue weighted by Crippen LogP contribution is -2.40. The number of carbonyl (C=O) groups is 2. The van der Waals surface area contributed by atoms with E-state index < -0.39 is 11.8 Å². The predicted molar refractivity (Wildman–Crippen MR) is 85.6 cm³/mol. The Morgan fingerprint density at radius 3 is 2.48 bits per heavy atom. The highest BCUT2D eigenvalue weighted by Crippen LogP contribution is 2.17. The van der Waals surface area contributed by atoms with Crippen molar-refractivity contribution in [2.45, 2.75) is 19.5 Å². The van der Waals surface area contributed by atoms with Gasteiger partial charge in [-0.15, -0.1) is 0 Å². The Balaban J connectivity index is 1.85. The van der Waals surface area contributed by atoms with Gasteiger partial charge in [0, 0.05) is 6.20 Å². The lowest BCUT2D eigenvalue weighted by molar-refractivity contribution is -0.139. The van der Waals surface area contributed by atoms with E-state index in [1.165, 1.54) is 0 Å². The van der Waals surface area contributed by atoms with Gasteiger partial charge in [-0.3, -0.25) is 14.6 Å². The summed E-state index contributed by atoms with van der Waals surface area (Å²) >= 11 is 0. The number of pyridine rings is 1. The van der Waals surface area contributed by atoms with E-state index in [2.05, 4.69) is 15.6 Å². The maximum atomic E-state index is 11.9. The number of methoxy groups -OCH3 is 1. The number of aromatic nitrogens is 1. The largest absolute Gasteiger partial charge is 0.497 e. The molecule has 6 heteroatoms. The minimum atomic E-state index is -0.684.